The topological polar surface area (TPSA) is 41.0 Å². The molecule has 4 nitrogen and oxygen atoms in total. The van der Waals surface area contributed by atoms with E-state index >= 15 is 0 Å². The molecule has 0 saturated heterocycles. The van der Waals surface area contributed by atoms with Crippen LogP contribution in [0.4, 0.5) is 24.8 Å². The maximum Gasteiger partial charge on any atom is 0.405 e. The van der Waals surface area contributed by atoms with Crippen molar-refractivity contribution in [3.05, 3.63) is 11.9 Å². The maximum atomic E-state index is 12.8. The fourth-order valence-electron chi connectivity index (χ4n) is 1.77. The minimum atomic E-state index is -4.28. The van der Waals surface area contributed by atoms with Gasteiger partial charge in [0.1, 0.15) is 24.0 Å². The van der Waals surface area contributed by atoms with Crippen LogP contribution in [0.25, 0.3) is 0 Å². The molecule has 0 fully saturated rings. The molecular formula is C14H23F3N4. The molecule has 0 aliphatic rings. The quantitative estimate of drug-likeness (QED) is 0.923. The Kier molecular flexibility index (Phi) is 5.07. The van der Waals surface area contributed by atoms with E-state index in [1.165, 1.54) is 4.90 Å². The molecule has 0 bridgehead atoms. The van der Waals surface area contributed by atoms with Gasteiger partial charge in [0.05, 0.1) is 0 Å². The molecule has 21 heavy (non-hydrogen) atoms. The molecule has 0 amide bonds. The molecule has 1 rings (SSSR count). The van der Waals surface area contributed by atoms with Crippen LogP contribution in [0.2, 0.25) is 0 Å². The summed E-state index contributed by atoms with van der Waals surface area (Å²) in [6.07, 6.45) is -4.28. The van der Waals surface area contributed by atoms with Gasteiger partial charge in [-0.3, -0.25) is 0 Å². The van der Waals surface area contributed by atoms with Crippen molar-refractivity contribution in [2.75, 3.05) is 23.8 Å². The van der Waals surface area contributed by atoms with Crippen LogP contribution in [0.5, 0.6) is 0 Å². The van der Waals surface area contributed by atoms with E-state index in [9.17, 15) is 13.2 Å². The zero-order valence-corrected chi connectivity index (χ0v) is 13.3. The van der Waals surface area contributed by atoms with E-state index in [0.29, 0.717) is 11.6 Å². The van der Waals surface area contributed by atoms with Gasteiger partial charge < -0.3 is 10.2 Å². The fraction of sp³-hybridized carbons (Fsp3) is 0.714. The van der Waals surface area contributed by atoms with Gasteiger partial charge in [0.2, 0.25) is 0 Å². The number of nitrogens with one attached hydrogen (secondary N) is 1. The first-order valence-corrected chi connectivity index (χ1v) is 6.85. The van der Waals surface area contributed by atoms with E-state index in [2.05, 4.69) is 15.3 Å². The third-order valence-corrected chi connectivity index (χ3v) is 2.91. The molecule has 0 spiro atoms. The molecule has 0 radical (unpaired) electrons. The summed E-state index contributed by atoms with van der Waals surface area (Å²) >= 11 is 0. The molecule has 0 aromatic carbocycles. The predicted octanol–water partition coefficient (Wildman–Crippen LogP) is 3.59. The van der Waals surface area contributed by atoms with Crippen molar-refractivity contribution in [1.82, 2.24) is 9.97 Å². The Balaban J connectivity index is 3.31. The van der Waals surface area contributed by atoms with Crippen LogP contribution in [0, 0.1) is 0 Å². The number of alkyl halides is 3. The Morgan fingerprint density at radius 1 is 1.19 bits per heavy atom. The van der Waals surface area contributed by atoms with Gasteiger partial charge in [0.15, 0.2) is 0 Å². The highest BCUT2D eigenvalue weighted by atomic mass is 19.4. The van der Waals surface area contributed by atoms with Crippen LogP contribution < -0.4 is 10.2 Å². The Morgan fingerprint density at radius 2 is 1.76 bits per heavy atom. The van der Waals surface area contributed by atoms with E-state index in [4.69, 9.17) is 0 Å². The molecule has 7 heteroatoms. The summed E-state index contributed by atoms with van der Waals surface area (Å²) in [5.74, 6) is 1.31. The Morgan fingerprint density at radius 3 is 2.14 bits per heavy atom. The first kappa shape index (κ1) is 17.5. The normalized spacial score (nSPS) is 12.7. The zero-order chi connectivity index (χ0) is 16.4. The molecule has 0 aliphatic heterocycles. The molecule has 120 valence electrons. The second-order valence-corrected chi connectivity index (χ2v) is 6.27. The molecule has 0 atom stereocenters. The van der Waals surface area contributed by atoms with Crippen molar-refractivity contribution in [2.45, 2.75) is 52.3 Å². The van der Waals surface area contributed by atoms with Gasteiger partial charge in [-0.15, -0.1) is 0 Å². The van der Waals surface area contributed by atoms with Crippen LogP contribution in [-0.4, -0.2) is 35.8 Å². The van der Waals surface area contributed by atoms with Crippen molar-refractivity contribution < 1.29 is 13.2 Å². The summed E-state index contributed by atoms with van der Waals surface area (Å²) in [5.41, 5.74) is -0.345. The van der Waals surface area contributed by atoms with Crippen molar-refractivity contribution >= 4 is 11.6 Å². The number of rotatable bonds is 4. The highest BCUT2D eigenvalue weighted by Crippen LogP contribution is 2.27. The molecule has 1 N–H and O–H groups in total. The SMILES string of the molecule is CNc1cc(N(CC(F)(F)F)C(C)C)nc(C(C)(C)C)n1. The molecule has 1 heterocycles. The standard InChI is InChI=1S/C14H23F3N4/c1-9(2)21(8-14(15,16)17)11-7-10(18-6)19-12(20-11)13(3,4)5/h7,9H,8H2,1-6H3,(H,18,19,20). The minimum absolute atomic E-state index is 0.284. The van der Waals surface area contributed by atoms with Crippen molar-refractivity contribution in [3.63, 3.8) is 0 Å². The first-order chi connectivity index (χ1) is 9.44. The molecule has 0 unspecified atom stereocenters. The van der Waals surface area contributed by atoms with E-state index in [1.54, 1.807) is 27.0 Å². The monoisotopic (exact) mass is 304 g/mol. The Labute approximate surface area is 123 Å². The Bertz CT molecular complexity index is 478. The number of hydrogen-bond acceptors (Lipinski definition) is 4. The number of nitrogens with zero attached hydrogens (tertiary/aromatic N) is 3. The third-order valence-electron chi connectivity index (χ3n) is 2.91. The molecule has 0 saturated carbocycles. The van der Waals surface area contributed by atoms with Gasteiger partial charge in [0.25, 0.3) is 0 Å². The maximum absolute atomic E-state index is 12.8. The fourth-order valence-corrected chi connectivity index (χ4v) is 1.77. The van der Waals surface area contributed by atoms with Crippen LogP contribution in [0.3, 0.4) is 0 Å². The largest absolute Gasteiger partial charge is 0.405 e. The van der Waals surface area contributed by atoms with Crippen LogP contribution in [-0.2, 0) is 5.41 Å². The summed E-state index contributed by atoms with van der Waals surface area (Å²) in [6, 6.07) is 1.22. The summed E-state index contributed by atoms with van der Waals surface area (Å²) < 4.78 is 38.3. The molecule has 0 aliphatic carbocycles. The summed E-state index contributed by atoms with van der Waals surface area (Å²) in [6.45, 7) is 8.17. The number of anilines is 2. The molecule has 1 aromatic heterocycles. The smallest absolute Gasteiger partial charge is 0.373 e. The summed E-state index contributed by atoms with van der Waals surface area (Å²) in [7, 11) is 1.68. The van der Waals surface area contributed by atoms with Crippen molar-refractivity contribution in [2.24, 2.45) is 0 Å². The molecular weight excluding hydrogens is 281 g/mol. The lowest BCUT2D eigenvalue weighted by molar-refractivity contribution is -0.120. The van der Waals surface area contributed by atoms with Gasteiger partial charge >= 0.3 is 6.18 Å². The van der Waals surface area contributed by atoms with E-state index in [1.807, 2.05) is 20.8 Å². The van der Waals surface area contributed by atoms with Gasteiger partial charge in [0, 0.05) is 24.6 Å². The number of hydrogen-bond donors (Lipinski definition) is 1. The van der Waals surface area contributed by atoms with Crippen molar-refractivity contribution in [3.8, 4) is 0 Å². The lowest BCUT2D eigenvalue weighted by Gasteiger charge is -2.30. The number of aromatic nitrogens is 2. The van der Waals surface area contributed by atoms with Gasteiger partial charge in [-0.05, 0) is 13.8 Å². The highest BCUT2D eigenvalue weighted by Gasteiger charge is 2.33. The van der Waals surface area contributed by atoms with E-state index in [-0.39, 0.29) is 17.3 Å². The number of halogens is 3. The van der Waals surface area contributed by atoms with Gasteiger partial charge in [-0.1, -0.05) is 20.8 Å². The second-order valence-electron chi connectivity index (χ2n) is 6.27. The first-order valence-electron chi connectivity index (χ1n) is 6.85. The van der Waals surface area contributed by atoms with Crippen LogP contribution >= 0.6 is 0 Å². The average molecular weight is 304 g/mol. The van der Waals surface area contributed by atoms with E-state index < -0.39 is 12.7 Å². The average Bonchev–Trinajstić information content (AvgIpc) is 2.33. The second kappa shape index (κ2) is 6.07. The molecule has 1 aromatic rings. The van der Waals surface area contributed by atoms with Gasteiger partial charge in [-0.2, -0.15) is 13.2 Å². The lowest BCUT2D eigenvalue weighted by Crippen LogP contribution is -2.40. The summed E-state index contributed by atoms with van der Waals surface area (Å²) in [4.78, 5) is 9.90. The van der Waals surface area contributed by atoms with Crippen LogP contribution in [0.1, 0.15) is 40.4 Å². The Hall–Kier alpha value is -1.53. The zero-order valence-electron chi connectivity index (χ0n) is 13.3. The van der Waals surface area contributed by atoms with Crippen LogP contribution in [0.15, 0.2) is 6.07 Å². The summed E-state index contributed by atoms with van der Waals surface area (Å²) in [5, 5.41) is 2.88. The van der Waals surface area contributed by atoms with Gasteiger partial charge in [-0.25, -0.2) is 9.97 Å². The lowest BCUT2D eigenvalue weighted by atomic mass is 9.95. The predicted molar refractivity (Wildman–Crippen MR) is 78.8 cm³/mol. The third kappa shape index (κ3) is 5.06. The van der Waals surface area contributed by atoms with Crippen molar-refractivity contribution in [1.29, 1.82) is 0 Å². The minimum Gasteiger partial charge on any atom is -0.373 e. The highest BCUT2D eigenvalue weighted by molar-refractivity contribution is 5.50. The van der Waals surface area contributed by atoms with E-state index in [0.717, 1.165) is 0 Å².